The van der Waals surface area contributed by atoms with Crippen LogP contribution in [0.2, 0.25) is 0 Å². The summed E-state index contributed by atoms with van der Waals surface area (Å²) in [6.07, 6.45) is 1.97. The second kappa shape index (κ2) is 8.26. The number of hydrogen-bond acceptors (Lipinski definition) is 4. The molecule has 0 radical (unpaired) electrons. The van der Waals surface area contributed by atoms with Crippen molar-refractivity contribution in [2.24, 2.45) is 0 Å². The number of amides is 2. The van der Waals surface area contributed by atoms with Crippen molar-refractivity contribution in [3.8, 4) is 0 Å². The van der Waals surface area contributed by atoms with E-state index in [4.69, 9.17) is 4.42 Å². The average molecular weight is 416 g/mol. The largest absolute Gasteiger partial charge is 0.451 e. The molecule has 4 aromatic rings. The van der Waals surface area contributed by atoms with E-state index in [1.807, 2.05) is 53.4 Å². The maximum absolute atomic E-state index is 12.8. The molecule has 0 aliphatic carbocycles. The third-order valence-corrected chi connectivity index (χ3v) is 5.80. The van der Waals surface area contributed by atoms with Crippen molar-refractivity contribution in [2.45, 2.75) is 19.3 Å². The van der Waals surface area contributed by atoms with Gasteiger partial charge in [-0.3, -0.25) is 9.59 Å². The minimum atomic E-state index is -0.117. The number of aromatic nitrogens is 2. The molecule has 2 amide bonds. The van der Waals surface area contributed by atoms with Crippen LogP contribution in [-0.4, -0.2) is 57.8 Å². The maximum atomic E-state index is 12.8. The molecule has 158 valence electrons. The number of piperazine rings is 1. The van der Waals surface area contributed by atoms with Gasteiger partial charge in [0, 0.05) is 44.4 Å². The quantitative estimate of drug-likeness (QED) is 0.539. The lowest BCUT2D eigenvalue weighted by Crippen LogP contribution is -2.50. The number of nitrogens with zero attached hydrogens (tertiary/aromatic N) is 3. The van der Waals surface area contributed by atoms with Gasteiger partial charge in [-0.05, 0) is 30.7 Å². The van der Waals surface area contributed by atoms with Crippen LogP contribution in [0.25, 0.3) is 22.0 Å². The highest BCUT2D eigenvalue weighted by Crippen LogP contribution is 2.21. The van der Waals surface area contributed by atoms with Crippen LogP contribution >= 0.6 is 0 Å². The summed E-state index contributed by atoms with van der Waals surface area (Å²) in [4.78, 5) is 36.8. The van der Waals surface area contributed by atoms with Gasteiger partial charge >= 0.3 is 0 Å². The van der Waals surface area contributed by atoms with Gasteiger partial charge < -0.3 is 19.2 Å². The summed E-state index contributed by atoms with van der Waals surface area (Å²) in [6, 6.07) is 17.3. The number of fused-ring (bicyclic) bond motifs is 2. The Morgan fingerprint density at radius 1 is 0.968 bits per heavy atom. The smallest absolute Gasteiger partial charge is 0.289 e. The van der Waals surface area contributed by atoms with Crippen molar-refractivity contribution in [2.75, 3.05) is 26.2 Å². The molecule has 1 saturated heterocycles. The standard InChI is InChI=1S/C24H24N4O3/c29-23(11-5-10-22-25-18-7-2-3-8-19(18)26-22)27-12-14-28(15-13-27)24(30)21-16-17-6-1-4-9-20(17)31-21/h1-4,6-9,16H,5,10-15H2,(H,25,26). The van der Waals surface area contributed by atoms with Crippen LogP contribution in [0.4, 0.5) is 0 Å². The molecular formula is C24H24N4O3. The van der Waals surface area contributed by atoms with Crippen molar-refractivity contribution >= 4 is 33.8 Å². The molecule has 0 spiro atoms. The van der Waals surface area contributed by atoms with Crippen LogP contribution in [0, 0.1) is 0 Å². The summed E-state index contributed by atoms with van der Waals surface area (Å²) in [6.45, 7) is 2.14. The molecule has 31 heavy (non-hydrogen) atoms. The summed E-state index contributed by atoms with van der Waals surface area (Å²) in [5, 5.41) is 0.920. The Labute approximate surface area is 179 Å². The Morgan fingerprint density at radius 2 is 1.71 bits per heavy atom. The lowest BCUT2D eigenvalue weighted by molar-refractivity contribution is -0.132. The molecule has 1 aliphatic rings. The Morgan fingerprint density at radius 3 is 2.52 bits per heavy atom. The first kappa shape index (κ1) is 19.4. The zero-order valence-corrected chi connectivity index (χ0v) is 17.2. The van der Waals surface area contributed by atoms with Crippen molar-refractivity contribution in [1.29, 1.82) is 0 Å². The van der Waals surface area contributed by atoms with E-state index in [0.29, 0.717) is 43.9 Å². The van der Waals surface area contributed by atoms with E-state index in [1.165, 1.54) is 0 Å². The number of benzene rings is 2. The lowest BCUT2D eigenvalue weighted by atomic mass is 10.2. The van der Waals surface area contributed by atoms with Gasteiger partial charge in [0.2, 0.25) is 5.91 Å². The molecule has 1 fully saturated rings. The summed E-state index contributed by atoms with van der Waals surface area (Å²) in [5.41, 5.74) is 2.69. The van der Waals surface area contributed by atoms with Gasteiger partial charge in [0.25, 0.3) is 5.91 Å². The molecule has 0 unspecified atom stereocenters. The molecule has 5 rings (SSSR count). The molecule has 1 aliphatic heterocycles. The highest BCUT2D eigenvalue weighted by Gasteiger charge is 2.26. The molecule has 1 N–H and O–H groups in total. The normalized spacial score (nSPS) is 14.5. The molecule has 3 heterocycles. The molecule has 0 bridgehead atoms. The van der Waals surface area contributed by atoms with E-state index < -0.39 is 0 Å². The highest BCUT2D eigenvalue weighted by atomic mass is 16.3. The summed E-state index contributed by atoms with van der Waals surface area (Å²) < 4.78 is 5.69. The van der Waals surface area contributed by atoms with Gasteiger partial charge in [-0.25, -0.2) is 4.98 Å². The fraction of sp³-hybridized carbons (Fsp3) is 0.292. The number of carbonyl (C=O) groups is 2. The van der Waals surface area contributed by atoms with Crippen molar-refractivity contribution in [3.63, 3.8) is 0 Å². The fourth-order valence-electron chi connectivity index (χ4n) is 4.09. The number of carbonyl (C=O) groups excluding carboxylic acids is 2. The zero-order valence-electron chi connectivity index (χ0n) is 17.2. The average Bonchev–Trinajstić information content (AvgIpc) is 3.42. The van der Waals surface area contributed by atoms with Gasteiger partial charge in [-0.15, -0.1) is 0 Å². The summed E-state index contributed by atoms with van der Waals surface area (Å²) in [7, 11) is 0. The van der Waals surface area contributed by atoms with Crippen molar-refractivity contribution in [3.05, 3.63) is 66.2 Å². The number of H-pyrrole nitrogens is 1. The molecule has 7 heteroatoms. The van der Waals surface area contributed by atoms with Gasteiger partial charge in [0.1, 0.15) is 11.4 Å². The summed E-state index contributed by atoms with van der Waals surface area (Å²) >= 11 is 0. The Balaban J connectivity index is 1.11. The molecular weight excluding hydrogens is 392 g/mol. The SMILES string of the molecule is O=C(CCCc1nc2ccccc2[nH]1)N1CCN(C(=O)c2cc3ccccc3o2)CC1. The monoisotopic (exact) mass is 416 g/mol. The predicted octanol–water partition coefficient (Wildman–Crippen LogP) is 3.62. The number of rotatable bonds is 5. The highest BCUT2D eigenvalue weighted by molar-refractivity contribution is 5.96. The minimum Gasteiger partial charge on any atom is -0.451 e. The number of furan rings is 1. The van der Waals surface area contributed by atoms with E-state index in [9.17, 15) is 9.59 Å². The number of para-hydroxylation sites is 3. The fourth-order valence-corrected chi connectivity index (χ4v) is 4.09. The van der Waals surface area contributed by atoms with Crippen LogP contribution in [0.1, 0.15) is 29.2 Å². The second-order valence-corrected chi connectivity index (χ2v) is 7.88. The molecule has 0 saturated carbocycles. The number of aromatic amines is 1. The first-order valence-corrected chi connectivity index (χ1v) is 10.7. The number of imidazole rings is 1. The minimum absolute atomic E-state index is 0.117. The number of hydrogen-bond donors (Lipinski definition) is 1. The number of nitrogens with one attached hydrogen (secondary N) is 1. The maximum Gasteiger partial charge on any atom is 0.289 e. The Kier molecular flexibility index (Phi) is 5.16. The lowest BCUT2D eigenvalue weighted by Gasteiger charge is -2.34. The number of aryl methyl sites for hydroxylation is 1. The third kappa shape index (κ3) is 4.03. The van der Waals surface area contributed by atoms with Crippen LogP contribution in [0.5, 0.6) is 0 Å². The van der Waals surface area contributed by atoms with Crippen LogP contribution in [0.3, 0.4) is 0 Å². The Hall–Kier alpha value is -3.61. The van der Waals surface area contributed by atoms with E-state index in [1.54, 1.807) is 11.0 Å². The van der Waals surface area contributed by atoms with Gasteiger partial charge in [0.05, 0.1) is 11.0 Å². The third-order valence-electron chi connectivity index (χ3n) is 5.80. The Bertz CT molecular complexity index is 1170. The van der Waals surface area contributed by atoms with E-state index in [-0.39, 0.29) is 11.8 Å². The molecule has 0 atom stereocenters. The van der Waals surface area contributed by atoms with Crippen LogP contribution in [0.15, 0.2) is 59.0 Å². The van der Waals surface area contributed by atoms with E-state index in [0.717, 1.165) is 35.1 Å². The first-order chi connectivity index (χ1) is 15.2. The van der Waals surface area contributed by atoms with Crippen LogP contribution in [-0.2, 0) is 11.2 Å². The molecule has 7 nitrogen and oxygen atoms in total. The van der Waals surface area contributed by atoms with E-state index in [2.05, 4.69) is 9.97 Å². The topological polar surface area (TPSA) is 82.4 Å². The zero-order chi connectivity index (χ0) is 21.2. The van der Waals surface area contributed by atoms with Gasteiger partial charge in [0.15, 0.2) is 5.76 Å². The van der Waals surface area contributed by atoms with Crippen molar-refractivity contribution < 1.29 is 14.0 Å². The van der Waals surface area contributed by atoms with E-state index >= 15 is 0 Å². The summed E-state index contributed by atoms with van der Waals surface area (Å²) in [5.74, 6) is 1.28. The first-order valence-electron chi connectivity index (χ1n) is 10.7. The second-order valence-electron chi connectivity index (χ2n) is 7.88. The van der Waals surface area contributed by atoms with Crippen molar-refractivity contribution in [1.82, 2.24) is 19.8 Å². The van der Waals surface area contributed by atoms with Crippen LogP contribution < -0.4 is 0 Å². The van der Waals surface area contributed by atoms with Gasteiger partial charge in [-0.1, -0.05) is 30.3 Å². The van der Waals surface area contributed by atoms with Gasteiger partial charge in [-0.2, -0.15) is 0 Å². The molecule has 2 aromatic carbocycles. The molecule has 2 aromatic heterocycles. The predicted molar refractivity (Wildman–Crippen MR) is 118 cm³/mol.